The summed E-state index contributed by atoms with van der Waals surface area (Å²) >= 11 is 3.12. The van der Waals surface area contributed by atoms with E-state index in [1.165, 1.54) is 0 Å². The largest absolute Gasteiger partial charge is 0.444 e. The summed E-state index contributed by atoms with van der Waals surface area (Å²) in [7, 11) is 0. The predicted octanol–water partition coefficient (Wildman–Crippen LogP) is 3.11. The molecule has 0 saturated carbocycles. The highest BCUT2D eigenvalue weighted by Gasteiger charge is 2.21. The van der Waals surface area contributed by atoms with E-state index in [0.29, 0.717) is 13.0 Å². The Morgan fingerprint density at radius 3 is 2.68 bits per heavy atom. The minimum atomic E-state index is -0.575. The van der Waals surface area contributed by atoms with Crippen LogP contribution in [0, 0.1) is 0 Å². The molecule has 2 rings (SSSR count). The number of ether oxygens (including phenoxy) is 1. The van der Waals surface area contributed by atoms with Crippen molar-refractivity contribution in [1.82, 2.24) is 15.6 Å². The number of para-hydroxylation sites is 1. The van der Waals surface area contributed by atoms with Crippen LogP contribution in [0.5, 0.6) is 0 Å². The zero-order valence-electron chi connectivity index (χ0n) is 14.7. The lowest BCUT2D eigenvalue weighted by molar-refractivity contribution is -0.118. The first kappa shape index (κ1) is 19.3. The summed E-state index contributed by atoms with van der Waals surface area (Å²) in [6.07, 6.45) is 2.01. The Labute approximate surface area is 155 Å². The maximum Gasteiger partial charge on any atom is 0.407 e. The Balaban J connectivity index is 2.10. The number of rotatable bonds is 6. The van der Waals surface area contributed by atoms with E-state index in [-0.39, 0.29) is 17.3 Å². The minimum Gasteiger partial charge on any atom is -0.444 e. The molecule has 25 heavy (non-hydrogen) atoms. The van der Waals surface area contributed by atoms with Gasteiger partial charge in [-0.05, 0) is 38.8 Å². The first-order valence-electron chi connectivity index (χ1n) is 8.15. The molecule has 0 bridgehead atoms. The second-order valence-electron chi connectivity index (χ2n) is 6.84. The number of hydrogen-bond acceptors (Lipinski definition) is 3. The fourth-order valence-electron chi connectivity index (χ4n) is 2.50. The quantitative estimate of drug-likeness (QED) is 0.640. The Hall–Kier alpha value is -2.02. The van der Waals surface area contributed by atoms with Crippen LogP contribution in [0.25, 0.3) is 10.9 Å². The Kier molecular flexibility index (Phi) is 6.47. The van der Waals surface area contributed by atoms with E-state index in [9.17, 15) is 9.59 Å². The smallest absolute Gasteiger partial charge is 0.407 e. The lowest BCUT2D eigenvalue weighted by Gasteiger charge is -2.24. The molecule has 1 aromatic heterocycles. The zero-order valence-corrected chi connectivity index (χ0v) is 16.3. The third-order valence-electron chi connectivity index (χ3n) is 3.53. The monoisotopic (exact) mass is 409 g/mol. The summed E-state index contributed by atoms with van der Waals surface area (Å²) in [6, 6.07) is 7.69. The highest BCUT2D eigenvalue weighted by Crippen LogP contribution is 2.19. The molecule has 136 valence electrons. The Morgan fingerprint density at radius 2 is 2.00 bits per heavy atom. The van der Waals surface area contributed by atoms with Crippen molar-refractivity contribution in [3.8, 4) is 0 Å². The van der Waals surface area contributed by atoms with Gasteiger partial charge < -0.3 is 20.4 Å². The van der Waals surface area contributed by atoms with Gasteiger partial charge in [-0.3, -0.25) is 4.79 Å². The maximum absolute atomic E-state index is 12.1. The molecule has 7 heteroatoms. The van der Waals surface area contributed by atoms with E-state index < -0.39 is 11.7 Å². The number of hydrogen-bond donors (Lipinski definition) is 3. The number of benzene rings is 1. The number of alkyl carbamates (subject to hydrolysis) is 1. The summed E-state index contributed by atoms with van der Waals surface area (Å²) in [5.74, 6) is -0.130. The van der Waals surface area contributed by atoms with Crippen molar-refractivity contribution in [3.63, 3.8) is 0 Å². The van der Waals surface area contributed by atoms with Gasteiger partial charge in [-0.25, -0.2) is 4.79 Å². The standard InChI is InChI=1S/C18H24BrN3O3/c1-18(2,3)25-17(24)22-13(11-21-16(23)9-19)8-12-10-20-15-7-5-4-6-14(12)15/h4-7,10,13,20H,8-9,11H2,1-3H3,(H,21,23)(H,22,24)/t13-/m1/s1. The molecule has 0 aliphatic carbocycles. The molecule has 0 radical (unpaired) electrons. The average Bonchev–Trinajstić information content (AvgIpc) is 2.93. The molecule has 0 aliphatic rings. The third kappa shape index (κ3) is 6.08. The molecule has 6 nitrogen and oxygen atoms in total. The summed E-state index contributed by atoms with van der Waals surface area (Å²) in [5, 5.41) is 6.97. The molecule has 2 amide bonds. The fourth-order valence-corrected chi connectivity index (χ4v) is 2.70. The lowest BCUT2D eigenvalue weighted by atomic mass is 10.0. The van der Waals surface area contributed by atoms with E-state index in [1.54, 1.807) is 0 Å². The SMILES string of the molecule is CC(C)(C)OC(=O)N[C@@H](CNC(=O)CBr)Cc1c[nH]c2ccccc12. The van der Waals surface area contributed by atoms with Crippen LogP contribution < -0.4 is 10.6 Å². The molecule has 0 fully saturated rings. The van der Waals surface area contributed by atoms with Crippen LogP contribution in [-0.4, -0.2) is 40.5 Å². The van der Waals surface area contributed by atoms with Gasteiger partial charge in [0.15, 0.2) is 0 Å². The molecule has 2 aromatic rings. The van der Waals surface area contributed by atoms with Gasteiger partial charge in [-0.1, -0.05) is 34.1 Å². The number of H-pyrrole nitrogens is 1. The number of aromatic amines is 1. The van der Waals surface area contributed by atoms with Crippen LogP contribution in [0.2, 0.25) is 0 Å². The van der Waals surface area contributed by atoms with E-state index in [0.717, 1.165) is 16.5 Å². The van der Waals surface area contributed by atoms with Crippen LogP contribution in [0.15, 0.2) is 30.5 Å². The Bertz CT molecular complexity index is 736. The van der Waals surface area contributed by atoms with Gasteiger partial charge in [0, 0.05) is 23.6 Å². The topological polar surface area (TPSA) is 83.2 Å². The van der Waals surface area contributed by atoms with Crippen LogP contribution >= 0.6 is 15.9 Å². The van der Waals surface area contributed by atoms with Crippen molar-refractivity contribution in [2.45, 2.75) is 38.8 Å². The van der Waals surface area contributed by atoms with Crippen molar-refractivity contribution in [2.75, 3.05) is 11.9 Å². The molecule has 3 N–H and O–H groups in total. The van der Waals surface area contributed by atoms with E-state index >= 15 is 0 Å². The first-order chi connectivity index (χ1) is 11.8. The van der Waals surface area contributed by atoms with Crippen molar-refractivity contribution >= 4 is 38.8 Å². The number of amides is 2. The van der Waals surface area contributed by atoms with E-state index in [2.05, 4.69) is 31.5 Å². The van der Waals surface area contributed by atoms with Gasteiger partial charge in [-0.15, -0.1) is 0 Å². The average molecular weight is 410 g/mol. The molecule has 1 heterocycles. The molecule has 1 aromatic carbocycles. The van der Waals surface area contributed by atoms with Crippen molar-refractivity contribution in [3.05, 3.63) is 36.0 Å². The van der Waals surface area contributed by atoms with Gasteiger partial charge in [0.2, 0.25) is 5.91 Å². The maximum atomic E-state index is 12.1. The number of halogens is 1. The van der Waals surface area contributed by atoms with Gasteiger partial charge in [0.05, 0.1) is 11.4 Å². The number of aromatic nitrogens is 1. The van der Waals surface area contributed by atoms with Crippen LogP contribution in [0.1, 0.15) is 26.3 Å². The molecule has 1 atom stereocenters. The Morgan fingerprint density at radius 1 is 1.28 bits per heavy atom. The number of alkyl halides is 1. The summed E-state index contributed by atoms with van der Waals surface area (Å²) < 4.78 is 5.33. The second-order valence-corrected chi connectivity index (χ2v) is 7.41. The van der Waals surface area contributed by atoms with Crippen molar-refractivity contribution in [1.29, 1.82) is 0 Å². The third-order valence-corrected chi connectivity index (χ3v) is 4.04. The number of carbonyl (C=O) groups excluding carboxylic acids is 2. The van der Waals surface area contributed by atoms with Crippen molar-refractivity contribution in [2.24, 2.45) is 0 Å². The first-order valence-corrected chi connectivity index (χ1v) is 9.28. The predicted molar refractivity (Wildman–Crippen MR) is 102 cm³/mol. The van der Waals surface area contributed by atoms with E-state index in [4.69, 9.17) is 4.74 Å². The molecule has 0 unspecified atom stereocenters. The highest BCUT2D eigenvalue weighted by molar-refractivity contribution is 9.09. The molecular weight excluding hydrogens is 386 g/mol. The van der Waals surface area contributed by atoms with E-state index in [1.807, 2.05) is 51.2 Å². The van der Waals surface area contributed by atoms with Crippen molar-refractivity contribution < 1.29 is 14.3 Å². The fraction of sp³-hybridized carbons (Fsp3) is 0.444. The molecule has 0 aliphatic heterocycles. The van der Waals surface area contributed by atoms with Gasteiger partial charge in [0.1, 0.15) is 5.60 Å². The van der Waals surface area contributed by atoms with Crippen LogP contribution in [0.4, 0.5) is 4.79 Å². The zero-order chi connectivity index (χ0) is 18.4. The van der Waals surface area contributed by atoms with Gasteiger partial charge in [-0.2, -0.15) is 0 Å². The summed E-state index contributed by atoms with van der Waals surface area (Å²) in [6.45, 7) is 5.76. The normalized spacial score (nSPS) is 12.6. The summed E-state index contributed by atoms with van der Waals surface area (Å²) in [4.78, 5) is 26.9. The number of fused-ring (bicyclic) bond motifs is 1. The lowest BCUT2D eigenvalue weighted by Crippen LogP contribution is -2.46. The number of nitrogens with one attached hydrogen (secondary N) is 3. The molecular formula is C18H24BrN3O3. The molecule has 0 spiro atoms. The minimum absolute atomic E-state index is 0.130. The summed E-state index contributed by atoms with van der Waals surface area (Å²) in [5.41, 5.74) is 1.54. The molecule has 0 saturated heterocycles. The van der Waals surface area contributed by atoms with Gasteiger partial charge in [0.25, 0.3) is 0 Å². The van der Waals surface area contributed by atoms with Crippen LogP contribution in [0.3, 0.4) is 0 Å². The highest BCUT2D eigenvalue weighted by atomic mass is 79.9. The number of carbonyl (C=O) groups is 2. The van der Waals surface area contributed by atoms with Gasteiger partial charge >= 0.3 is 6.09 Å². The van der Waals surface area contributed by atoms with Crippen LogP contribution in [-0.2, 0) is 16.0 Å². The second kappa shape index (κ2) is 8.38.